The largest absolute Gasteiger partial charge is 0.416 e. The second-order valence-corrected chi connectivity index (χ2v) is 6.92. The summed E-state index contributed by atoms with van der Waals surface area (Å²) in [6.07, 6.45) is -0.619. The molecule has 2 rings (SSSR count). The van der Waals surface area contributed by atoms with Crippen LogP contribution in [0.25, 0.3) is 0 Å². The molecule has 1 saturated carbocycles. The van der Waals surface area contributed by atoms with Crippen molar-refractivity contribution in [2.24, 2.45) is 0 Å². The van der Waals surface area contributed by atoms with Crippen LogP contribution in [0.15, 0.2) is 24.3 Å². The molecule has 1 aliphatic rings. The summed E-state index contributed by atoms with van der Waals surface area (Å²) in [7, 11) is 3.95. The Hall–Kier alpha value is -1.60. The third-order valence-corrected chi connectivity index (χ3v) is 5.13. The smallest absolute Gasteiger partial charge is 0.378 e. The first-order chi connectivity index (χ1) is 11.7. The van der Waals surface area contributed by atoms with Gasteiger partial charge in [0, 0.05) is 12.1 Å². The van der Waals surface area contributed by atoms with Gasteiger partial charge in [-0.15, -0.1) is 0 Å². The summed E-state index contributed by atoms with van der Waals surface area (Å²) in [5.41, 5.74) is -0.793. The normalized spacial score (nSPS) is 18.8. The zero-order valence-electron chi connectivity index (χ0n) is 14.6. The molecule has 1 aliphatic carbocycles. The molecule has 2 N–H and O–H groups in total. The monoisotopic (exact) mass is 358 g/mol. The number of likely N-dealkylation sites (N-methyl/N-ethyl adjacent to an activating group) is 1. The molecule has 1 unspecified atom stereocenters. The molecule has 1 aromatic carbocycles. The fraction of sp³-hybridized carbons (Fsp3) is 0.611. The van der Waals surface area contributed by atoms with Gasteiger partial charge in [-0.25, -0.2) is 0 Å². The molecule has 0 aliphatic heterocycles. The summed E-state index contributed by atoms with van der Waals surface area (Å²) >= 11 is 0. The summed E-state index contributed by atoms with van der Waals surface area (Å²) in [4.78, 5) is 14.3. The lowest BCUT2D eigenvalue weighted by molar-refractivity contribution is -0.137. The first-order valence-electron chi connectivity index (χ1n) is 8.46. The van der Waals surface area contributed by atoms with Gasteiger partial charge in [-0.3, -0.25) is 4.79 Å². The predicted molar refractivity (Wildman–Crippen MR) is 88.9 cm³/mol. The number of rotatable bonds is 5. The van der Waals surface area contributed by atoms with Gasteiger partial charge in [-0.1, -0.05) is 31.4 Å². The van der Waals surface area contributed by atoms with Crippen molar-refractivity contribution in [2.75, 3.05) is 20.6 Å². The van der Waals surface area contributed by atoms with E-state index in [2.05, 4.69) is 10.2 Å². The van der Waals surface area contributed by atoms with E-state index in [1.165, 1.54) is 6.42 Å². The maximum atomic E-state index is 12.6. The Morgan fingerprint density at radius 1 is 1.20 bits per heavy atom. The van der Waals surface area contributed by atoms with Gasteiger partial charge in [-0.05, 0) is 44.6 Å². The Kier molecular flexibility index (Phi) is 6.11. The Labute approximate surface area is 146 Å². The highest BCUT2D eigenvalue weighted by Crippen LogP contribution is 2.32. The number of aliphatic hydroxyl groups excluding tert-OH is 1. The van der Waals surface area contributed by atoms with Crippen LogP contribution in [0.5, 0.6) is 0 Å². The number of nitrogens with zero attached hydrogens (tertiary/aromatic N) is 1. The Morgan fingerprint density at radius 2 is 1.76 bits per heavy atom. The lowest BCUT2D eigenvalue weighted by Gasteiger charge is -2.43. The molecule has 0 saturated heterocycles. The molecule has 0 bridgehead atoms. The number of aliphatic hydroxyl groups is 1. The van der Waals surface area contributed by atoms with Gasteiger partial charge in [0.05, 0.1) is 5.56 Å². The second kappa shape index (κ2) is 7.74. The number of carbonyl (C=O) groups excluding carboxylic acids is 1. The molecule has 0 aromatic heterocycles. The third kappa shape index (κ3) is 4.73. The Morgan fingerprint density at radius 3 is 2.24 bits per heavy atom. The van der Waals surface area contributed by atoms with Gasteiger partial charge in [0.2, 0.25) is 0 Å². The lowest BCUT2D eigenvalue weighted by atomic mass is 9.80. The highest BCUT2D eigenvalue weighted by molar-refractivity contribution is 5.82. The number of alkyl halides is 3. The fourth-order valence-corrected chi connectivity index (χ4v) is 3.35. The molecule has 4 nitrogen and oxygen atoms in total. The number of carbonyl (C=O) groups is 1. The first kappa shape index (κ1) is 19.7. The van der Waals surface area contributed by atoms with Crippen LogP contribution in [0, 0.1) is 0 Å². The summed E-state index contributed by atoms with van der Waals surface area (Å²) in [5.74, 6) is -0.591. The maximum Gasteiger partial charge on any atom is 0.416 e. The summed E-state index contributed by atoms with van der Waals surface area (Å²) in [6, 6.07) is 4.01. The van der Waals surface area contributed by atoms with Crippen LogP contribution in [-0.4, -0.2) is 42.1 Å². The van der Waals surface area contributed by atoms with E-state index in [0.717, 1.165) is 49.9 Å². The van der Waals surface area contributed by atoms with Crippen molar-refractivity contribution in [3.8, 4) is 0 Å². The molecule has 0 radical (unpaired) electrons. The van der Waals surface area contributed by atoms with Gasteiger partial charge in [-0.2, -0.15) is 13.2 Å². The van der Waals surface area contributed by atoms with Crippen molar-refractivity contribution in [2.45, 2.75) is 49.9 Å². The van der Waals surface area contributed by atoms with Crippen molar-refractivity contribution in [1.29, 1.82) is 0 Å². The molecule has 140 valence electrons. The lowest BCUT2D eigenvalue weighted by Crippen LogP contribution is -2.54. The topological polar surface area (TPSA) is 52.6 Å². The zero-order valence-corrected chi connectivity index (χ0v) is 14.6. The molecule has 0 heterocycles. The zero-order chi connectivity index (χ0) is 18.7. The van der Waals surface area contributed by atoms with Crippen molar-refractivity contribution in [1.82, 2.24) is 10.2 Å². The van der Waals surface area contributed by atoms with E-state index in [9.17, 15) is 23.1 Å². The highest BCUT2D eigenvalue weighted by atomic mass is 19.4. The molecule has 1 fully saturated rings. The number of amides is 1. The minimum atomic E-state index is -4.44. The van der Waals surface area contributed by atoms with E-state index in [1.54, 1.807) is 0 Å². The minimum absolute atomic E-state index is 0.131. The van der Waals surface area contributed by atoms with E-state index in [4.69, 9.17) is 0 Å². The molecule has 1 aromatic rings. The van der Waals surface area contributed by atoms with Crippen molar-refractivity contribution < 1.29 is 23.1 Å². The fourth-order valence-electron chi connectivity index (χ4n) is 3.35. The van der Waals surface area contributed by atoms with Gasteiger partial charge in [0.15, 0.2) is 6.10 Å². The van der Waals surface area contributed by atoms with E-state index in [0.29, 0.717) is 6.54 Å². The van der Waals surface area contributed by atoms with Crippen molar-refractivity contribution >= 4 is 5.91 Å². The van der Waals surface area contributed by atoms with E-state index >= 15 is 0 Å². The van der Waals surface area contributed by atoms with Crippen LogP contribution < -0.4 is 5.32 Å². The average molecular weight is 358 g/mol. The summed E-state index contributed by atoms with van der Waals surface area (Å²) < 4.78 is 37.7. The van der Waals surface area contributed by atoms with Crippen LogP contribution >= 0.6 is 0 Å². The number of nitrogens with one attached hydrogen (secondary N) is 1. The number of hydrogen-bond acceptors (Lipinski definition) is 3. The number of hydrogen-bond donors (Lipinski definition) is 2. The molecule has 1 atom stereocenters. The molecular formula is C18H25F3N2O2. The second-order valence-electron chi connectivity index (χ2n) is 6.92. The Bertz CT molecular complexity index is 579. The molecule has 7 heteroatoms. The van der Waals surface area contributed by atoms with Gasteiger partial charge >= 0.3 is 6.18 Å². The standard InChI is InChI=1S/C18H25F3N2O2/c1-23(2)17(10-4-3-5-11-17)12-22-16(25)15(24)13-6-8-14(9-7-13)18(19,20)21/h6-9,15,24H,3-5,10-12H2,1-2H3,(H,22,25). The van der Waals surface area contributed by atoms with Crippen LogP contribution in [0.2, 0.25) is 0 Å². The average Bonchev–Trinajstić information content (AvgIpc) is 2.59. The highest BCUT2D eigenvalue weighted by Gasteiger charge is 2.35. The SMILES string of the molecule is CN(C)C1(CNC(=O)C(O)c2ccc(C(F)(F)F)cc2)CCCCC1. The maximum absolute atomic E-state index is 12.6. The van der Waals surface area contributed by atoms with Crippen LogP contribution in [-0.2, 0) is 11.0 Å². The predicted octanol–water partition coefficient (Wildman–Crippen LogP) is 3.12. The van der Waals surface area contributed by atoms with Crippen molar-refractivity contribution in [3.63, 3.8) is 0 Å². The van der Waals surface area contributed by atoms with Crippen LogP contribution in [0.4, 0.5) is 13.2 Å². The van der Waals surface area contributed by atoms with E-state index in [1.807, 2.05) is 14.1 Å². The van der Waals surface area contributed by atoms with Gasteiger partial charge in [0.1, 0.15) is 0 Å². The van der Waals surface area contributed by atoms with Crippen LogP contribution in [0.1, 0.15) is 49.3 Å². The number of benzene rings is 1. The Balaban J connectivity index is 2.00. The quantitative estimate of drug-likeness (QED) is 0.850. The molecule has 25 heavy (non-hydrogen) atoms. The first-order valence-corrected chi connectivity index (χ1v) is 8.46. The summed E-state index contributed by atoms with van der Waals surface area (Å²) in [6.45, 7) is 0.413. The van der Waals surface area contributed by atoms with Crippen molar-refractivity contribution in [3.05, 3.63) is 35.4 Å². The summed E-state index contributed by atoms with van der Waals surface area (Å²) in [5, 5.41) is 12.9. The number of halogens is 3. The third-order valence-electron chi connectivity index (χ3n) is 5.13. The van der Waals surface area contributed by atoms with Crippen LogP contribution in [0.3, 0.4) is 0 Å². The van der Waals surface area contributed by atoms with E-state index in [-0.39, 0.29) is 11.1 Å². The van der Waals surface area contributed by atoms with Gasteiger partial charge < -0.3 is 15.3 Å². The molecule has 1 amide bonds. The molecular weight excluding hydrogens is 333 g/mol. The minimum Gasteiger partial charge on any atom is -0.378 e. The molecule has 0 spiro atoms. The van der Waals surface area contributed by atoms with E-state index < -0.39 is 23.8 Å². The van der Waals surface area contributed by atoms with Gasteiger partial charge in [0.25, 0.3) is 5.91 Å².